The fraction of sp³-hybridized carbons (Fsp3) is 0.348. The summed E-state index contributed by atoms with van der Waals surface area (Å²) in [6, 6.07) is 14.5. The minimum absolute atomic E-state index is 0.0265. The van der Waals surface area contributed by atoms with Gasteiger partial charge in [-0.2, -0.15) is 0 Å². The number of hydrogen-bond acceptors (Lipinski definition) is 3. The minimum atomic E-state index is -0.279. The molecule has 0 aromatic heterocycles. The van der Waals surface area contributed by atoms with Crippen LogP contribution in [0.15, 0.2) is 48.5 Å². The molecule has 0 unspecified atom stereocenters. The third kappa shape index (κ3) is 3.21. The van der Waals surface area contributed by atoms with Crippen molar-refractivity contribution in [3.05, 3.63) is 70.8 Å². The van der Waals surface area contributed by atoms with Crippen LogP contribution in [0, 0.1) is 0 Å². The number of fused-ring (bicyclic) bond motifs is 1. The van der Waals surface area contributed by atoms with Crippen molar-refractivity contribution < 1.29 is 14.4 Å². The molecule has 1 heterocycles. The molecule has 28 heavy (non-hydrogen) atoms. The Kier molecular flexibility index (Phi) is 4.99. The molecular formula is C23H24N2O3. The van der Waals surface area contributed by atoms with Crippen LogP contribution >= 0.6 is 0 Å². The van der Waals surface area contributed by atoms with E-state index in [9.17, 15) is 14.4 Å². The number of benzene rings is 2. The largest absolute Gasteiger partial charge is 0.336 e. The summed E-state index contributed by atoms with van der Waals surface area (Å²) in [6.45, 7) is 2.87. The highest BCUT2D eigenvalue weighted by atomic mass is 16.2. The Bertz CT molecular complexity index is 896. The predicted octanol–water partition coefficient (Wildman–Crippen LogP) is 3.89. The Morgan fingerprint density at radius 2 is 1.64 bits per heavy atom. The van der Waals surface area contributed by atoms with E-state index in [-0.39, 0.29) is 24.3 Å². The third-order valence-corrected chi connectivity index (χ3v) is 5.76. The van der Waals surface area contributed by atoms with Gasteiger partial charge in [-0.15, -0.1) is 0 Å². The molecule has 144 valence electrons. The second-order valence-corrected chi connectivity index (χ2v) is 7.47. The van der Waals surface area contributed by atoms with Gasteiger partial charge >= 0.3 is 0 Å². The van der Waals surface area contributed by atoms with Gasteiger partial charge in [-0.25, -0.2) is 0 Å². The molecule has 4 rings (SSSR count). The quantitative estimate of drug-likeness (QED) is 0.744. The molecule has 0 saturated heterocycles. The molecule has 1 fully saturated rings. The van der Waals surface area contributed by atoms with E-state index in [2.05, 4.69) is 0 Å². The minimum Gasteiger partial charge on any atom is -0.336 e. The summed E-state index contributed by atoms with van der Waals surface area (Å²) in [5.41, 5.74) is 2.28. The SMILES string of the molecule is CCN(C(=O)c1cccc(CN2C(=O)c3ccccc3C2=O)c1)C1CCCC1. The van der Waals surface area contributed by atoms with Gasteiger partial charge in [0.05, 0.1) is 17.7 Å². The fourth-order valence-corrected chi connectivity index (χ4v) is 4.32. The zero-order valence-electron chi connectivity index (χ0n) is 16.1. The lowest BCUT2D eigenvalue weighted by Crippen LogP contribution is -2.38. The smallest absolute Gasteiger partial charge is 0.261 e. The van der Waals surface area contributed by atoms with E-state index in [1.807, 2.05) is 36.1 Å². The number of imide groups is 1. The summed E-state index contributed by atoms with van der Waals surface area (Å²) in [7, 11) is 0. The van der Waals surface area contributed by atoms with Crippen LogP contribution in [0.2, 0.25) is 0 Å². The van der Waals surface area contributed by atoms with Gasteiger partial charge in [-0.1, -0.05) is 37.1 Å². The Morgan fingerprint density at radius 1 is 1.00 bits per heavy atom. The average Bonchev–Trinajstić information content (AvgIpc) is 3.33. The molecule has 2 aromatic rings. The molecular weight excluding hydrogens is 352 g/mol. The number of hydrogen-bond donors (Lipinski definition) is 0. The van der Waals surface area contributed by atoms with Gasteiger partial charge in [0.15, 0.2) is 0 Å². The van der Waals surface area contributed by atoms with Gasteiger partial charge < -0.3 is 4.90 Å². The summed E-state index contributed by atoms with van der Waals surface area (Å²) in [6.07, 6.45) is 4.48. The highest BCUT2D eigenvalue weighted by molar-refractivity contribution is 6.21. The summed E-state index contributed by atoms with van der Waals surface area (Å²) in [5.74, 6) is -0.532. The molecule has 0 N–H and O–H groups in total. The number of carbonyl (C=O) groups is 3. The number of carbonyl (C=O) groups excluding carboxylic acids is 3. The molecule has 3 amide bonds. The van der Waals surface area contributed by atoms with Crippen molar-refractivity contribution >= 4 is 17.7 Å². The van der Waals surface area contributed by atoms with Crippen LogP contribution in [0.4, 0.5) is 0 Å². The molecule has 0 atom stereocenters. The monoisotopic (exact) mass is 376 g/mol. The van der Waals surface area contributed by atoms with Crippen LogP contribution in [0.3, 0.4) is 0 Å². The molecule has 2 aliphatic rings. The lowest BCUT2D eigenvalue weighted by Gasteiger charge is -2.28. The second-order valence-electron chi connectivity index (χ2n) is 7.47. The van der Waals surface area contributed by atoms with Gasteiger partial charge in [-0.3, -0.25) is 19.3 Å². The van der Waals surface area contributed by atoms with Gasteiger partial charge in [0.2, 0.25) is 0 Å². The van der Waals surface area contributed by atoms with E-state index in [1.165, 1.54) is 17.7 Å². The zero-order chi connectivity index (χ0) is 19.7. The van der Waals surface area contributed by atoms with E-state index in [1.54, 1.807) is 24.3 Å². The summed E-state index contributed by atoms with van der Waals surface area (Å²) >= 11 is 0. The van der Waals surface area contributed by atoms with Gasteiger partial charge in [0.1, 0.15) is 0 Å². The molecule has 1 aliphatic carbocycles. The van der Waals surface area contributed by atoms with Crippen LogP contribution in [0.5, 0.6) is 0 Å². The first-order chi connectivity index (χ1) is 13.6. The van der Waals surface area contributed by atoms with Crippen LogP contribution in [-0.4, -0.2) is 40.1 Å². The second kappa shape index (κ2) is 7.58. The normalized spacial score (nSPS) is 16.5. The molecule has 0 radical (unpaired) electrons. The van der Waals surface area contributed by atoms with E-state index >= 15 is 0 Å². The van der Waals surface area contributed by atoms with Crippen molar-refractivity contribution in [1.82, 2.24) is 9.80 Å². The lowest BCUT2D eigenvalue weighted by atomic mass is 10.1. The maximum atomic E-state index is 13.0. The van der Waals surface area contributed by atoms with E-state index in [0.29, 0.717) is 29.3 Å². The van der Waals surface area contributed by atoms with Crippen molar-refractivity contribution in [2.75, 3.05) is 6.54 Å². The average molecular weight is 376 g/mol. The molecule has 1 saturated carbocycles. The highest BCUT2D eigenvalue weighted by Crippen LogP contribution is 2.26. The van der Waals surface area contributed by atoms with Gasteiger partial charge in [0.25, 0.3) is 17.7 Å². The van der Waals surface area contributed by atoms with Crippen LogP contribution in [0.25, 0.3) is 0 Å². The Labute approximate surface area is 164 Å². The van der Waals surface area contributed by atoms with Crippen LogP contribution in [-0.2, 0) is 6.54 Å². The maximum Gasteiger partial charge on any atom is 0.261 e. The third-order valence-electron chi connectivity index (χ3n) is 5.76. The van der Waals surface area contributed by atoms with E-state index in [0.717, 1.165) is 18.4 Å². The maximum absolute atomic E-state index is 13.0. The summed E-state index contributed by atoms with van der Waals surface area (Å²) in [4.78, 5) is 41.4. The molecule has 1 aliphatic heterocycles. The molecule has 0 spiro atoms. The van der Waals surface area contributed by atoms with Crippen LogP contribution in [0.1, 0.15) is 69.2 Å². The Morgan fingerprint density at radius 3 is 2.25 bits per heavy atom. The highest BCUT2D eigenvalue weighted by Gasteiger charge is 2.35. The van der Waals surface area contributed by atoms with Crippen molar-refractivity contribution in [2.24, 2.45) is 0 Å². The predicted molar refractivity (Wildman–Crippen MR) is 106 cm³/mol. The zero-order valence-corrected chi connectivity index (χ0v) is 16.1. The van der Waals surface area contributed by atoms with E-state index in [4.69, 9.17) is 0 Å². The van der Waals surface area contributed by atoms with Crippen molar-refractivity contribution in [2.45, 2.75) is 45.2 Å². The first-order valence-corrected chi connectivity index (χ1v) is 9.95. The van der Waals surface area contributed by atoms with Crippen LogP contribution < -0.4 is 0 Å². The molecule has 2 aromatic carbocycles. The summed E-state index contributed by atoms with van der Waals surface area (Å²) < 4.78 is 0. The number of nitrogens with zero attached hydrogens (tertiary/aromatic N) is 2. The Hall–Kier alpha value is -2.95. The van der Waals surface area contributed by atoms with E-state index < -0.39 is 0 Å². The van der Waals surface area contributed by atoms with Gasteiger partial charge in [0, 0.05) is 18.2 Å². The number of rotatable bonds is 5. The topological polar surface area (TPSA) is 57.7 Å². The molecule has 0 bridgehead atoms. The van der Waals surface area contributed by atoms with Crippen molar-refractivity contribution in [3.8, 4) is 0 Å². The molecule has 5 nitrogen and oxygen atoms in total. The first-order valence-electron chi connectivity index (χ1n) is 9.95. The molecule has 5 heteroatoms. The van der Waals surface area contributed by atoms with Crippen molar-refractivity contribution in [1.29, 1.82) is 0 Å². The lowest BCUT2D eigenvalue weighted by molar-refractivity contribution is 0.0641. The van der Waals surface area contributed by atoms with Crippen molar-refractivity contribution in [3.63, 3.8) is 0 Å². The standard InChI is InChI=1S/C23H24N2O3/c1-2-24(18-10-3-4-11-18)21(26)17-9-7-8-16(14-17)15-25-22(27)19-12-5-6-13-20(19)23(25)28/h5-9,12-14,18H,2-4,10-11,15H2,1H3. The first kappa shape index (κ1) is 18.4. The summed E-state index contributed by atoms with van der Waals surface area (Å²) in [5, 5.41) is 0. The van der Waals surface area contributed by atoms with Gasteiger partial charge in [-0.05, 0) is 49.6 Å². The number of amides is 3. The fourth-order valence-electron chi connectivity index (χ4n) is 4.32. The Balaban J connectivity index is 1.54.